The number of nitrogens with one attached hydrogen (secondary N) is 1. The Morgan fingerprint density at radius 3 is 2.20 bits per heavy atom. The van der Waals surface area contributed by atoms with Gasteiger partial charge in [0, 0.05) is 51.4 Å². The maximum Gasteiger partial charge on any atom is 0.243 e. The molecule has 2 heterocycles. The van der Waals surface area contributed by atoms with Crippen LogP contribution in [0.15, 0.2) is 108 Å². The molecule has 3 aromatic carbocycles. The Bertz CT molecular complexity index is 1680. The van der Waals surface area contributed by atoms with Crippen LogP contribution in [0, 0.1) is 0 Å². The Morgan fingerprint density at radius 2 is 1.54 bits per heavy atom. The van der Waals surface area contributed by atoms with Crippen molar-refractivity contribution in [3.8, 4) is 5.75 Å². The first-order valence-corrected chi connectivity index (χ1v) is 17.0. The van der Waals surface area contributed by atoms with Gasteiger partial charge in [0.25, 0.3) is 0 Å². The Balaban J connectivity index is 1.37. The number of rotatable bonds is 14. The minimum absolute atomic E-state index is 0.148. The molecule has 240 valence electrons. The van der Waals surface area contributed by atoms with Crippen molar-refractivity contribution in [1.29, 1.82) is 0 Å². The minimum atomic E-state index is -3.52. The van der Waals surface area contributed by atoms with Crippen LogP contribution in [-0.2, 0) is 45.5 Å². The summed E-state index contributed by atoms with van der Waals surface area (Å²) in [5.41, 5.74) is 3.51. The molecule has 46 heavy (non-hydrogen) atoms. The largest absolute Gasteiger partial charge is 0.497 e. The molecule has 1 aliphatic heterocycles. The third-order valence-electron chi connectivity index (χ3n) is 8.23. The smallest absolute Gasteiger partial charge is 0.243 e. The number of amides is 2. The minimum Gasteiger partial charge on any atom is -0.497 e. The van der Waals surface area contributed by atoms with Gasteiger partial charge in [-0.1, -0.05) is 60.7 Å². The fourth-order valence-electron chi connectivity index (χ4n) is 5.59. The molecule has 1 unspecified atom stereocenters. The van der Waals surface area contributed by atoms with E-state index in [0.29, 0.717) is 31.7 Å². The van der Waals surface area contributed by atoms with Crippen molar-refractivity contribution in [2.75, 3.05) is 20.2 Å². The summed E-state index contributed by atoms with van der Waals surface area (Å²) in [7, 11) is -1.92. The zero-order valence-electron chi connectivity index (χ0n) is 26.0. The van der Waals surface area contributed by atoms with Gasteiger partial charge in [-0.05, 0) is 71.8 Å². The lowest BCUT2D eigenvalue weighted by Gasteiger charge is -2.32. The van der Waals surface area contributed by atoms with Crippen LogP contribution >= 0.6 is 0 Å². The molecule has 1 atom stereocenters. The van der Waals surface area contributed by atoms with Gasteiger partial charge < -0.3 is 15.0 Å². The first kappa shape index (κ1) is 32.8. The molecular weight excluding hydrogens is 600 g/mol. The van der Waals surface area contributed by atoms with E-state index in [-0.39, 0.29) is 36.2 Å². The SMILES string of the molecule is COc1ccc(CN(C(=O)CCc2ccc(S(=O)(=O)N3CCCC3)cc2)C(Cc2ccccc2)C(=O)NCc2cccnc2)cc1. The van der Waals surface area contributed by atoms with Crippen LogP contribution in [0.25, 0.3) is 0 Å². The van der Waals surface area contributed by atoms with E-state index < -0.39 is 16.1 Å². The molecule has 0 radical (unpaired) electrons. The zero-order valence-corrected chi connectivity index (χ0v) is 26.9. The Morgan fingerprint density at radius 1 is 0.870 bits per heavy atom. The van der Waals surface area contributed by atoms with E-state index in [4.69, 9.17) is 4.74 Å². The molecular formula is C36H40N4O5S. The van der Waals surface area contributed by atoms with Crippen molar-refractivity contribution in [3.05, 3.63) is 126 Å². The predicted octanol–water partition coefficient (Wildman–Crippen LogP) is 4.76. The van der Waals surface area contributed by atoms with E-state index in [1.165, 1.54) is 4.31 Å². The summed E-state index contributed by atoms with van der Waals surface area (Å²) in [6, 6.07) is 26.8. The molecule has 0 spiro atoms. The first-order valence-electron chi connectivity index (χ1n) is 15.6. The standard InChI is InChI=1S/C36H40N4O5S/c1-45-32-16-11-30(12-17-32)27-40(34(24-29-8-3-2-4-9-29)36(42)38-26-31-10-7-21-37-25-31)35(41)20-15-28-13-18-33(19-14-28)46(43,44)39-22-5-6-23-39/h2-4,7-14,16-19,21,25,34H,5-6,15,20,22-24,26-27H2,1H3,(H,38,42). The van der Waals surface area contributed by atoms with Gasteiger partial charge in [0.05, 0.1) is 12.0 Å². The number of aryl methyl sites for hydroxylation is 1. The van der Waals surface area contributed by atoms with Crippen molar-refractivity contribution in [2.24, 2.45) is 0 Å². The zero-order chi connectivity index (χ0) is 32.4. The van der Waals surface area contributed by atoms with Gasteiger partial charge in [0.2, 0.25) is 21.8 Å². The number of ether oxygens (including phenoxy) is 1. The van der Waals surface area contributed by atoms with E-state index in [1.807, 2.05) is 66.7 Å². The number of aromatic nitrogens is 1. The molecule has 4 aromatic rings. The normalized spacial score (nSPS) is 14.0. The highest BCUT2D eigenvalue weighted by atomic mass is 32.2. The molecule has 2 amide bonds. The lowest BCUT2D eigenvalue weighted by atomic mass is 10.0. The van der Waals surface area contributed by atoms with Crippen LogP contribution in [0.3, 0.4) is 0 Å². The third-order valence-corrected chi connectivity index (χ3v) is 10.1. The van der Waals surface area contributed by atoms with Crippen LogP contribution in [0.5, 0.6) is 5.75 Å². The molecule has 1 aliphatic rings. The monoisotopic (exact) mass is 640 g/mol. The van der Waals surface area contributed by atoms with Gasteiger partial charge in [-0.15, -0.1) is 0 Å². The fraction of sp³-hybridized carbons (Fsp3) is 0.306. The molecule has 0 saturated carbocycles. The second-order valence-electron chi connectivity index (χ2n) is 11.4. The Labute approximate surface area is 271 Å². The van der Waals surface area contributed by atoms with Crippen LogP contribution < -0.4 is 10.1 Å². The number of carbonyl (C=O) groups excluding carboxylic acids is 2. The van der Waals surface area contributed by atoms with Crippen LogP contribution in [0.4, 0.5) is 0 Å². The maximum absolute atomic E-state index is 14.1. The highest BCUT2D eigenvalue weighted by molar-refractivity contribution is 7.89. The summed E-state index contributed by atoms with van der Waals surface area (Å²) < 4.78 is 32.8. The topological polar surface area (TPSA) is 109 Å². The number of hydrogen-bond donors (Lipinski definition) is 1. The molecule has 0 bridgehead atoms. The van der Waals surface area contributed by atoms with Gasteiger partial charge in [-0.3, -0.25) is 14.6 Å². The number of hydrogen-bond acceptors (Lipinski definition) is 6. The summed E-state index contributed by atoms with van der Waals surface area (Å²) in [6.07, 6.45) is 6.02. The quantitative estimate of drug-likeness (QED) is 0.213. The van der Waals surface area contributed by atoms with Crippen molar-refractivity contribution in [1.82, 2.24) is 19.5 Å². The summed E-state index contributed by atoms with van der Waals surface area (Å²) in [5, 5.41) is 3.02. The number of benzene rings is 3. The average Bonchev–Trinajstić information content (AvgIpc) is 3.66. The number of methoxy groups -OCH3 is 1. The van der Waals surface area contributed by atoms with Crippen molar-refractivity contribution in [3.63, 3.8) is 0 Å². The number of carbonyl (C=O) groups is 2. The van der Waals surface area contributed by atoms with Crippen molar-refractivity contribution in [2.45, 2.75) is 56.1 Å². The Kier molecular flexibility index (Phi) is 11.2. The molecule has 9 nitrogen and oxygen atoms in total. The van der Waals surface area contributed by atoms with Gasteiger partial charge >= 0.3 is 0 Å². The number of sulfonamides is 1. The summed E-state index contributed by atoms with van der Waals surface area (Å²) in [5.74, 6) is 0.264. The Hall–Kier alpha value is -4.54. The third kappa shape index (κ3) is 8.58. The predicted molar refractivity (Wildman–Crippen MR) is 176 cm³/mol. The van der Waals surface area contributed by atoms with Gasteiger partial charge in [0.1, 0.15) is 11.8 Å². The average molecular weight is 641 g/mol. The van der Waals surface area contributed by atoms with E-state index in [0.717, 1.165) is 35.1 Å². The highest BCUT2D eigenvalue weighted by Crippen LogP contribution is 2.23. The second-order valence-corrected chi connectivity index (χ2v) is 13.3. The van der Waals surface area contributed by atoms with Gasteiger partial charge in [0.15, 0.2) is 0 Å². The van der Waals surface area contributed by atoms with E-state index in [2.05, 4.69) is 10.3 Å². The fourth-order valence-corrected chi connectivity index (χ4v) is 7.11. The summed E-state index contributed by atoms with van der Waals surface area (Å²) >= 11 is 0. The molecule has 5 rings (SSSR count). The maximum atomic E-state index is 14.1. The lowest BCUT2D eigenvalue weighted by molar-refractivity contribution is -0.141. The van der Waals surface area contributed by atoms with Crippen LogP contribution in [-0.4, -0.2) is 60.7 Å². The molecule has 1 N–H and O–H groups in total. The highest BCUT2D eigenvalue weighted by Gasteiger charge is 2.31. The molecule has 1 saturated heterocycles. The van der Waals surface area contributed by atoms with Crippen molar-refractivity contribution >= 4 is 21.8 Å². The number of nitrogens with zero attached hydrogens (tertiary/aromatic N) is 3. The molecule has 0 aliphatic carbocycles. The first-order chi connectivity index (χ1) is 22.3. The van der Waals surface area contributed by atoms with Crippen LogP contribution in [0.1, 0.15) is 41.5 Å². The summed E-state index contributed by atoms with van der Waals surface area (Å²) in [6.45, 7) is 1.61. The second kappa shape index (κ2) is 15.6. The van der Waals surface area contributed by atoms with Crippen molar-refractivity contribution < 1.29 is 22.7 Å². The van der Waals surface area contributed by atoms with Crippen LogP contribution in [0.2, 0.25) is 0 Å². The summed E-state index contributed by atoms with van der Waals surface area (Å²) in [4.78, 5) is 34.0. The number of pyridine rings is 1. The molecule has 1 fully saturated rings. The van der Waals surface area contributed by atoms with E-state index in [1.54, 1.807) is 48.7 Å². The molecule has 1 aromatic heterocycles. The van der Waals surface area contributed by atoms with E-state index >= 15 is 0 Å². The van der Waals surface area contributed by atoms with Gasteiger partial charge in [-0.25, -0.2) is 8.42 Å². The van der Waals surface area contributed by atoms with Gasteiger partial charge in [-0.2, -0.15) is 4.31 Å². The molecule has 10 heteroatoms. The lowest BCUT2D eigenvalue weighted by Crippen LogP contribution is -2.50. The van der Waals surface area contributed by atoms with E-state index in [9.17, 15) is 18.0 Å².